The minimum atomic E-state index is 0.812. The predicted octanol–water partition coefficient (Wildman–Crippen LogP) is 3.92. The largest absolute Gasteiger partial charge is 0.495 e. The maximum Gasteiger partial charge on any atom is 0.142 e. The number of rotatable bonds is 4. The molecule has 0 unspecified atom stereocenters. The molecule has 2 rings (SSSR count). The van der Waals surface area contributed by atoms with Gasteiger partial charge in [0.1, 0.15) is 5.75 Å². The molecule has 0 spiro atoms. The lowest BCUT2D eigenvalue weighted by Crippen LogP contribution is -2.02. The van der Waals surface area contributed by atoms with E-state index < -0.39 is 0 Å². The zero-order chi connectivity index (χ0) is 13.0. The number of methoxy groups -OCH3 is 1. The Morgan fingerprint density at radius 3 is 2.56 bits per heavy atom. The van der Waals surface area contributed by atoms with Crippen molar-refractivity contribution in [2.24, 2.45) is 0 Å². The second-order valence-electron chi connectivity index (χ2n) is 4.48. The van der Waals surface area contributed by atoms with Crippen LogP contribution in [0.5, 0.6) is 5.75 Å². The Labute approximate surface area is 109 Å². The monoisotopic (exact) mass is 241 g/mol. The standard InChI is InChI=1S/C16H19NO/c1-12-8-9-15(16(10-12)18-3)17-11-14-7-5-4-6-13(14)2/h4-10,17H,11H2,1-3H3. The van der Waals surface area contributed by atoms with Crippen molar-refractivity contribution in [3.63, 3.8) is 0 Å². The van der Waals surface area contributed by atoms with Gasteiger partial charge in [-0.1, -0.05) is 30.3 Å². The van der Waals surface area contributed by atoms with Crippen molar-refractivity contribution in [3.05, 3.63) is 59.2 Å². The molecule has 0 aliphatic rings. The van der Waals surface area contributed by atoms with Gasteiger partial charge in [-0.05, 0) is 42.7 Å². The maximum atomic E-state index is 5.38. The smallest absolute Gasteiger partial charge is 0.142 e. The second-order valence-corrected chi connectivity index (χ2v) is 4.48. The zero-order valence-electron chi connectivity index (χ0n) is 11.2. The number of anilines is 1. The highest BCUT2D eigenvalue weighted by molar-refractivity contribution is 5.58. The topological polar surface area (TPSA) is 21.3 Å². The van der Waals surface area contributed by atoms with E-state index >= 15 is 0 Å². The highest BCUT2D eigenvalue weighted by Gasteiger charge is 2.03. The van der Waals surface area contributed by atoms with Gasteiger partial charge in [0, 0.05) is 6.54 Å². The van der Waals surface area contributed by atoms with Gasteiger partial charge < -0.3 is 10.1 Å². The number of hydrogen-bond acceptors (Lipinski definition) is 2. The number of aryl methyl sites for hydroxylation is 2. The first kappa shape index (κ1) is 12.5. The van der Waals surface area contributed by atoms with Gasteiger partial charge in [-0.2, -0.15) is 0 Å². The molecule has 0 aliphatic carbocycles. The Morgan fingerprint density at radius 1 is 1.06 bits per heavy atom. The summed E-state index contributed by atoms with van der Waals surface area (Å²) in [6.07, 6.45) is 0. The number of nitrogens with one attached hydrogen (secondary N) is 1. The van der Waals surface area contributed by atoms with E-state index in [1.807, 2.05) is 6.07 Å². The van der Waals surface area contributed by atoms with Gasteiger partial charge in [-0.3, -0.25) is 0 Å². The molecule has 0 heterocycles. The molecule has 0 aliphatic heterocycles. The zero-order valence-corrected chi connectivity index (χ0v) is 11.2. The van der Waals surface area contributed by atoms with E-state index in [2.05, 4.69) is 55.6 Å². The third kappa shape index (κ3) is 2.83. The molecular weight excluding hydrogens is 222 g/mol. The molecule has 94 valence electrons. The summed E-state index contributed by atoms with van der Waals surface area (Å²) in [7, 11) is 1.70. The summed E-state index contributed by atoms with van der Waals surface area (Å²) in [5.74, 6) is 0.892. The fourth-order valence-electron chi connectivity index (χ4n) is 1.94. The average Bonchev–Trinajstić information content (AvgIpc) is 2.39. The summed E-state index contributed by atoms with van der Waals surface area (Å²) in [5.41, 5.74) is 4.84. The molecule has 18 heavy (non-hydrogen) atoms. The van der Waals surface area contributed by atoms with Crippen LogP contribution in [-0.4, -0.2) is 7.11 Å². The first-order chi connectivity index (χ1) is 8.70. The van der Waals surface area contributed by atoms with Gasteiger partial charge in [-0.15, -0.1) is 0 Å². The van der Waals surface area contributed by atoms with Crippen molar-refractivity contribution < 1.29 is 4.74 Å². The van der Waals surface area contributed by atoms with Crippen molar-refractivity contribution in [1.29, 1.82) is 0 Å². The fourth-order valence-corrected chi connectivity index (χ4v) is 1.94. The van der Waals surface area contributed by atoms with Gasteiger partial charge in [0.05, 0.1) is 12.8 Å². The summed E-state index contributed by atoms with van der Waals surface area (Å²) in [4.78, 5) is 0. The molecular formula is C16H19NO. The van der Waals surface area contributed by atoms with Crippen molar-refractivity contribution in [3.8, 4) is 5.75 Å². The van der Waals surface area contributed by atoms with Gasteiger partial charge in [0.2, 0.25) is 0 Å². The molecule has 2 heteroatoms. The highest BCUT2D eigenvalue weighted by Crippen LogP contribution is 2.25. The van der Waals surface area contributed by atoms with Crippen LogP contribution in [-0.2, 0) is 6.54 Å². The van der Waals surface area contributed by atoms with Crippen molar-refractivity contribution >= 4 is 5.69 Å². The first-order valence-corrected chi connectivity index (χ1v) is 6.13. The van der Waals surface area contributed by atoms with E-state index in [9.17, 15) is 0 Å². The normalized spacial score (nSPS) is 10.2. The Morgan fingerprint density at radius 2 is 1.83 bits per heavy atom. The summed E-state index contributed by atoms with van der Waals surface area (Å²) in [5, 5.41) is 3.42. The molecule has 0 atom stereocenters. The molecule has 0 aromatic heterocycles. The van der Waals surface area contributed by atoms with Crippen LogP contribution < -0.4 is 10.1 Å². The minimum Gasteiger partial charge on any atom is -0.495 e. The van der Waals surface area contributed by atoms with E-state index in [1.54, 1.807) is 7.11 Å². The third-order valence-corrected chi connectivity index (χ3v) is 3.09. The van der Waals surface area contributed by atoms with E-state index in [0.717, 1.165) is 18.0 Å². The third-order valence-electron chi connectivity index (χ3n) is 3.09. The average molecular weight is 241 g/mol. The van der Waals surface area contributed by atoms with Crippen LogP contribution in [0.15, 0.2) is 42.5 Å². The van der Waals surface area contributed by atoms with Crippen molar-refractivity contribution in [1.82, 2.24) is 0 Å². The molecule has 0 saturated heterocycles. The first-order valence-electron chi connectivity index (χ1n) is 6.13. The van der Waals surface area contributed by atoms with Gasteiger partial charge in [0.25, 0.3) is 0 Å². The van der Waals surface area contributed by atoms with Gasteiger partial charge in [0.15, 0.2) is 0 Å². The Hall–Kier alpha value is -1.96. The van der Waals surface area contributed by atoms with E-state index in [0.29, 0.717) is 0 Å². The van der Waals surface area contributed by atoms with E-state index in [1.165, 1.54) is 16.7 Å². The lowest BCUT2D eigenvalue weighted by molar-refractivity contribution is 0.416. The second kappa shape index (κ2) is 5.58. The summed E-state index contributed by atoms with van der Waals surface area (Å²) in [6.45, 7) is 5.00. The number of ether oxygens (including phenoxy) is 1. The molecule has 0 amide bonds. The molecule has 0 bridgehead atoms. The number of hydrogen-bond donors (Lipinski definition) is 1. The van der Waals surface area contributed by atoms with Crippen LogP contribution in [0.2, 0.25) is 0 Å². The lowest BCUT2D eigenvalue weighted by atomic mass is 10.1. The van der Waals surface area contributed by atoms with Gasteiger partial charge >= 0.3 is 0 Å². The van der Waals surface area contributed by atoms with Crippen LogP contribution in [0.3, 0.4) is 0 Å². The minimum absolute atomic E-state index is 0.812. The highest BCUT2D eigenvalue weighted by atomic mass is 16.5. The van der Waals surface area contributed by atoms with Crippen LogP contribution in [0, 0.1) is 13.8 Å². The quantitative estimate of drug-likeness (QED) is 0.875. The molecule has 1 N–H and O–H groups in total. The molecule has 0 saturated carbocycles. The SMILES string of the molecule is COc1cc(C)ccc1NCc1ccccc1C. The number of benzene rings is 2. The Bertz CT molecular complexity index is 534. The molecule has 0 radical (unpaired) electrons. The van der Waals surface area contributed by atoms with Crippen molar-refractivity contribution in [2.45, 2.75) is 20.4 Å². The maximum absolute atomic E-state index is 5.38. The van der Waals surface area contributed by atoms with Crippen LogP contribution in [0.1, 0.15) is 16.7 Å². The lowest BCUT2D eigenvalue weighted by Gasteiger charge is -2.13. The van der Waals surface area contributed by atoms with Crippen LogP contribution in [0.4, 0.5) is 5.69 Å². The van der Waals surface area contributed by atoms with Crippen LogP contribution >= 0.6 is 0 Å². The summed E-state index contributed by atoms with van der Waals surface area (Å²) >= 11 is 0. The summed E-state index contributed by atoms with van der Waals surface area (Å²) in [6, 6.07) is 14.6. The fraction of sp³-hybridized carbons (Fsp3) is 0.250. The molecule has 2 nitrogen and oxygen atoms in total. The molecule has 2 aromatic carbocycles. The van der Waals surface area contributed by atoms with Crippen LogP contribution in [0.25, 0.3) is 0 Å². The molecule has 0 fully saturated rings. The Balaban J connectivity index is 2.13. The van der Waals surface area contributed by atoms with E-state index in [4.69, 9.17) is 4.74 Å². The predicted molar refractivity (Wildman–Crippen MR) is 76.2 cm³/mol. The van der Waals surface area contributed by atoms with E-state index in [-0.39, 0.29) is 0 Å². The van der Waals surface area contributed by atoms with Gasteiger partial charge in [-0.25, -0.2) is 0 Å². The Kier molecular flexibility index (Phi) is 3.88. The van der Waals surface area contributed by atoms with Crippen molar-refractivity contribution in [2.75, 3.05) is 12.4 Å². The summed E-state index contributed by atoms with van der Waals surface area (Å²) < 4.78 is 5.38. The molecule has 2 aromatic rings.